The van der Waals surface area contributed by atoms with Crippen LogP contribution in [-0.4, -0.2) is 22.2 Å². The standard InChI is InChI=1S/C12H11ClN2O2S/c1-17-8-3-2-4-9(5-8)18-12-10(6-16)11(13)14-7-15-12/h2-5,7,16H,6H2,1H3. The number of rotatable bonds is 4. The molecule has 1 aromatic carbocycles. The number of hydrogen-bond donors (Lipinski definition) is 1. The molecule has 4 nitrogen and oxygen atoms in total. The third-order valence-electron chi connectivity index (χ3n) is 2.27. The summed E-state index contributed by atoms with van der Waals surface area (Å²) in [7, 11) is 1.62. The number of hydrogen-bond acceptors (Lipinski definition) is 5. The van der Waals surface area contributed by atoms with E-state index in [9.17, 15) is 5.11 Å². The largest absolute Gasteiger partial charge is 0.497 e. The Kier molecular flexibility index (Phi) is 4.41. The Morgan fingerprint density at radius 1 is 1.39 bits per heavy atom. The zero-order chi connectivity index (χ0) is 13.0. The van der Waals surface area contributed by atoms with E-state index in [1.54, 1.807) is 7.11 Å². The Morgan fingerprint density at radius 2 is 2.22 bits per heavy atom. The first kappa shape index (κ1) is 13.1. The van der Waals surface area contributed by atoms with Gasteiger partial charge < -0.3 is 9.84 Å². The molecule has 0 unspecified atom stereocenters. The summed E-state index contributed by atoms with van der Waals surface area (Å²) in [6.45, 7) is -0.189. The number of nitrogens with zero attached hydrogens (tertiary/aromatic N) is 2. The maximum Gasteiger partial charge on any atom is 0.139 e. The summed E-state index contributed by atoms with van der Waals surface area (Å²) in [5.41, 5.74) is 0.534. The Bertz CT molecular complexity index is 551. The molecule has 0 aliphatic rings. The first-order valence-electron chi connectivity index (χ1n) is 5.16. The Labute approximate surface area is 114 Å². The summed E-state index contributed by atoms with van der Waals surface area (Å²) < 4.78 is 5.15. The van der Waals surface area contributed by atoms with Gasteiger partial charge in [-0.3, -0.25) is 0 Å². The van der Waals surface area contributed by atoms with Crippen molar-refractivity contribution < 1.29 is 9.84 Å². The van der Waals surface area contributed by atoms with Crippen LogP contribution in [0.1, 0.15) is 5.56 Å². The smallest absolute Gasteiger partial charge is 0.139 e. The minimum absolute atomic E-state index is 0.189. The molecule has 0 radical (unpaired) electrons. The molecule has 1 aromatic heterocycles. The fourth-order valence-electron chi connectivity index (χ4n) is 1.37. The summed E-state index contributed by atoms with van der Waals surface area (Å²) in [6.07, 6.45) is 1.38. The predicted octanol–water partition coefficient (Wildman–Crippen LogP) is 2.78. The molecule has 1 heterocycles. The molecule has 0 atom stereocenters. The van der Waals surface area contributed by atoms with Crippen LogP contribution in [0.3, 0.4) is 0 Å². The predicted molar refractivity (Wildman–Crippen MR) is 70.1 cm³/mol. The average molecular weight is 283 g/mol. The summed E-state index contributed by atoms with van der Waals surface area (Å²) in [5, 5.41) is 10.2. The van der Waals surface area contributed by atoms with Gasteiger partial charge in [-0.2, -0.15) is 0 Å². The van der Waals surface area contributed by atoms with Crippen molar-refractivity contribution in [2.45, 2.75) is 16.5 Å². The monoisotopic (exact) mass is 282 g/mol. The van der Waals surface area contributed by atoms with Crippen LogP contribution in [0.2, 0.25) is 5.15 Å². The van der Waals surface area contributed by atoms with Gasteiger partial charge >= 0.3 is 0 Å². The molecule has 2 aromatic rings. The maximum absolute atomic E-state index is 9.28. The van der Waals surface area contributed by atoms with E-state index in [1.807, 2.05) is 24.3 Å². The number of aromatic nitrogens is 2. The molecule has 0 saturated carbocycles. The SMILES string of the molecule is COc1cccc(Sc2ncnc(Cl)c2CO)c1. The number of ether oxygens (including phenoxy) is 1. The lowest BCUT2D eigenvalue weighted by Gasteiger charge is -2.07. The van der Waals surface area contributed by atoms with Gasteiger partial charge in [0.2, 0.25) is 0 Å². The quantitative estimate of drug-likeness (QED) is 0.874. The van der Waals surface area contributed by atoms with Crippen molar-refractivity contribution >= 4 is 23.4 Å². The maximum atomic E-state index is 9.28. The van der Waals surface area contributed by atoms with Crippen LogP contribution in [0.25, 0.3) is 0 Å². The second-order valence-corrected chi connectivity index (χ2v) is 4.81. The summed E-state index contributed by atoms with van der Waals surface area (Å²) in [5.74, 6) is 0.769. The van der Waals surface area contributed by atoms with E-state index < -0.39 is 0 Å². The number of aliphatic hydroxyl groups excluding tert-OH is 1. The lowest BCUT2D eigenvalue weighted by atomic mass is 10.3. The highest BCUT2D eigenvalue weighted by Crippen LogP contribution is 2.32. The Morgan fingerprint density at radius 3 is 2.94 bits per heavy atom. The van der Waals surface area contributed by atoms with E-state index in [0.717, 1.165) is 10.6 Å². The Balaban J connectivity index is 2.30. The zero-order valence-corrected chi connectivity index (χ0v) is 11.2. The van der Waals surface area contributed by atoms with Gasteiger partial charge in [-0.25, -0.2) is 9.97 Å². The highest BCUT2D eigenvalue weighted by atomic mass is 35.5. The molecule has 6 heteroatoms. The van der Waals surface area contributed by atoms with Gasteiger partial charge in [-0.15, -0.1) is 0 Å². The van der Waals surface area contributed by atoms with Crippen LogP contribution in [0.15, 0.2) is 40.5 Å². The first-order valence-corrected chi connectivity index (χ1v) is 6.36. The molecule has 0 amide bonds. The number of aliphatic hydroxyl groups is 1. The van der Waals surface area contributed by atoms with Crippen LogP contribution in [-0.2, 0) is 6.61 Å². The molecule has 18 heavy (non-hydrogen) atoms. The molecule has 0 aliphatic heterocycles. The first-order chi connectivity index (χ1) is 8.74. The number of methoxy groups -OCH3 is 1. The molecule has 2 rings (SSSR count). The number of halogens is 1. The fraction of sp³-hybridized carbons (Fsp3) is 0.167. The topological polar surface area (TPSA) is 55.2 Å². The number of benzene rings is 1. The molecule has 0 fully saturated rings. The van der Waals surface area contributed by atoms with Crippen LogP contribution in [0.4, 0.5) is 0 Å². The van der Waals surface area contributed by atoms with Gasteiger partial charge in [0.15, 0.2) is 0 Å². The van der Waals surface area contributed by atoms with Crippen LogP contribution in [0.5, 0.6) is 5.75 Å². The summed E-state index contributed by atoms with van der Waals surface area (Å²) >= 11 is 7.31. The van der Waals surface area contributed by atoms with E-state index in [4.69, 9.17) is 16.3 Å². The van der Waals surface area contributed by atoms with Crippen molar-refractivity contribution in [2.24, 2.45) is 0 Å². The third kappa shape index (κ3) is 2.93. The molecule has 0 bridgehead atoms. The van der Waals surface area contributed by atoms with Crippen LogP contribution >= 0.6 is 23.4 Å². The van der Waals surface area contributed by atoms with Crippen LogP contribution in [0, 0.1) is 0 Å². The summed E-state index contributed by atoms with van der Waals surface area (Å²) in [6, 6.07) is 7.58. The van der Waals surface area contributed by atoms with E-state index in [-0.39, 0.29) is 11.8 Å². The van der Waals surface area contributed by atoms with E-state index in [1.165, 1.54) is 18.1 Å². The van der Waals surface area contributed by atoms with E-state index in [0.29, 0.717) is 10.6 Å². The highest BCUT2D eigenvalue weighted by molar-refractivity contribution is 7.99. The van der Waals surface area contributed by atoms with E-state index >= 15 is 0 Å². The highest BCUT2D eigenvalue weighted by Gasteiger charge is 2.10. The fourth-order valence-corrected chi connectivity index (χ4v) is 2.55. The molecule has 0 saturated heterocycles. The van der Waals surface area contributed by atoms with Gasteiger partial charge in [0.25, 0.3) is 0 Å². The second kappa shape index (κ2) is 6.04. The lowest BCUT2D eigenvalue weighted by Crippen LogP contribution is -1.95. The van der Waals surface area contributed by atoms with Gasteiger partial charge in [0.1, 0.15) is 22.3 Å². The molecular formula is C12H11ClN2O2S. The second-order valence-electron chi connectivity index (χ2n) is 3.39. The molecule has 0 aliphatic carbocycles. The zero-order valence-electron chi connectivity index (χ0n) is 9.63. The van der Waals surface area contributed by atoms with E-state index in [2.05, 4.69) is 9.97 Å². The lowest BCUT2D eigenvalue weighted by molar-refractivity contribution is 0.277. The van der Waals surface area contributed by atoms with Crippen molar-refractivity contribution in [1.29, 1.82) is 0 Å². The summed E-state index contributed by atoms with van der Waals surface area (Å²) in [4.78, 5) is 8.93. The van der Waals surface area contributed by atoms with Gasteiger partial charge in [0, 0.05) is 10.5 Å². The Hall–Kier alpha value is -1.30. The van der Waals surface area contributed by atoms with Crippen molar-refractivity contribution in [3.05, 3.63) is 41.3 Å². The van der Waals surface area contributed by atoms with Crippen molar-refractivity contribution in [1.82, 2.24) is 9.97 Å². The minimum atomic E-state index is -0.189. The molecule has 1 N–H and O–H groups in total. The third-order valence-corrected chi connectivity index (χ3v) is 3.63. The average Bonchev–Trinajstić information content (AvgIpc) is 2.39. The molecule has 94 valence electrons. The van der Waals surface area contributed by atoms with Gasteiger partial charge in [0.05, 0.1) is 13.7 Å². The van der Waals surface area contributed by atoms with Crippen molar-refractivity contribution in [3.8, 4) is 5.75 Å². The normalized spacial score (nSPS) is 10.4. The van der Waals surface area contributed by atoms with Crippen molar-refractivity contribution in [2.75, 3.05) is 7.11 Å². The molecular weight excluding hydrogens is 272 g/mol. The van der Waals surface area contributed by atoms with Gasteiger partial charge in [-0.05, 0) is 18.2 Å². The minimum Gasteiger partial charge on any atom is -0.497 e. The van der Waals surface area contributed by atoms with Crippen molar-refractivity contribution in [3.63, 3.8) is 0 Å². The van der Waals surface area contributed by atoms with Crippen LogP contribution < -0.4 is 4.74 Å². The molecule has 0 spiro atoms. The van der Waals surface area contributed by atoms with Gasteiger partial charge in [-0.1, -0.05) is 29.4 Å².